The number of rotatable bonds is 0. The summed E-state index contributed by atoms with van der Waals surface area (Å²) in [7, 11) is -2.73. The molecule has 0 aromatic heterocycles. The van der Waals surface area contributed by atoms with Gasteiger partial charge < -0.3 is 0 Å². The zero-order valence-corrected chi connectivity index (χ0v) is 11.7. The summed E-state index contributed by atoms with van der Waals surface area (Å²) in [5, 5.41) is 0.194. The molecule has 2 aliphatic heterocycles. The van der Waals surface area contributed by atoms with Gasteiger partial charge in [0.05, 0.1) is 14.6 Å². The van der Waals surface area contributed by atoms with Crippen molar-refractivity contribution in [2.75, 3.05) is 11.5 Å². The Morgan fingerprint density at radius 1 is 0.941 bits per heavy atom. The molecule has 2 nitrogen and oxygen atoms in total. The van der Waals surface area contributed by atoms with E-state index < -0.39 is 9.84 Å². The van der Waals surface area contributed by atoms with Crippen molar-refractivity contribution in [3.63, 3.8) is 0 Å². The van der Waals surface area contributed by atoms with Gasteiger partial charge >= 0.3 is 0 Å². The lowest BCUT2D eigenvalue weighted by atomic mass is 9.64. The summed E-state index contributed by atoms with van der Waals surface area (Å²) in [6.07, 6.45) is 1.26. The average Bonchev–Trinajstić information content (AvgIpc) is 2.86. The minimum absolute atomic E-state index is 0.0931. The number of hydrogen-bond acceptors (Lipinski definition) is 4. The van der Waals surface area contributed by atoms with E-state index in [4.69, 9.17) is 0 Å². The van der Waals surface area contributed by atoms with Crippen LogP contribution >= 0.6 is 23.5 Å². The fourth-order valence-electron chi connectivity index (χ4n) is 6.86. The monoisotopic (exact) mass is 286 g/mol. The molecular formula is C12H14O2S3. The third-order valence-electron chi connectivity index (χ3n) is 6.79. The third kappa shape index (κ3) is 0.659. The van der Waals surface area contributed by atoms with Crippen molar-refractivity contribution in [2.45, 2.75) is 21.0 Å². The number of hydrogen-bond donors (Lipinski definition) is 0. The molecule has 4 saturated carbocycles. The lowest BCUT2D eigenvalue weighted by Crippen LogP contribution is -2.57. The summed E-state index contributed by atoms with van der Waals surface area (Å²) >= 11 is 4.28. The van der Waals surface area contributed by atoms with E-state index in [1.807, 2.05) is 0 Å². The normalized spacial score (nSPS) is 69.4. The topological polar surface area (TPSA) is 34.1 Å². The predicted octanol–water partition coefficient (Wildman–Crippen LogP) is 1.47. The van der Waals surface area contributed by atoms with Crippen molar-refractivity contribution in [1.29, 1.82) is 0 Å². The van der Waals surface area contributed by atoms with Gasteiger partial charge in [0.25, 0.3) is 0 Å². The third-order valence-corrected chi connectivity index (χ3v) is 13.3. The lowest BCUT2D eigenvalue weighted by Gasteiger charge is -2.50. The van der Waals surface area contributed by atoms with E-state index in [0.29, 0.717) is 27.8 Å². The molecule has 2 heterocycles. The highest BCUT2D eigenvalue weighted by Crippen LogP contribution is 2.87. The van der Waals surface area contributed by atoms with Gasteiger partial charge in [-0.25, -0.2) is 8.42 Å². The Kier molecular flexibility index (Phi) is 1.32. The van der Waals surface area contributed by atoms with Crippen LogP contribution in [0.1, 0.15) is 6.42 Å². The van der Waals surface area contributed by atoms with E-state index in [0.717, 1.165) is 11.8 Å². The van der Waals surface area contributed by atoms with Gasteiger partial charge in [0.1, 0.15) is 0 Å². The molecule has 5 heteroatoms. The molecule has 4 aliphatic carbocycles. The molecule has 92 valence electrons. The van der Waals surface area contributed by atoms with Gasteiger partial charge in [0, 0.05) is 23.3 Å². The molecule has 17 heavy (non-hydrogen) atoms. The van der Waals surface area contributed by atoms with Crippen LogP contribution in [-0.2, 0) is 9.84 Å². The second-order valence-electron chi connectivity index (χ2n) is 6.71. The van der Waals surface area contributed by atoms with E-state index in [1.54, 1.807) is 0 Å². The summed E-state index contributed by atoms with van der Waals surface area (Å²) in [5.74, 6) is 6.42. The van der Waals surface area contributed by atoms with Crippen LogP contribution in [0.2, 0.25) is 0 Å². The first-order valence-corrected chi connectivity index (χ1v) is 10.3. The van der Waals surface area contributed by atoms with Crippen LogP contribution in [0.25, 0.3) is 0 Å². The van der Waals surface area contributed by atoms with Crippen molar-refractivity contribution >= 4 is 33.4 Å². The van der Waals surface area contributed by atoms with Gasteiger partial charge in [0.15, 0.2) is 9.84 Å². The van der Waals surface area contributed by atoms with Crippen molar-refractivity contribution in [1.82, 2.24) is 0 Å². The van der Waals surface area contributed by atoms with Crippen LogP contribution < -0.4 is 0 Å². The number of sulfone groups is 1. The van der Waals surface area contributed by atoms with Crippen LogP contribution in [0.3, 0.4) is 0 Å². The standard InChI is InChI=1S/C12H14O2S3/c13-17(14)10-5-3-4-6-7(5)11(17)9(6)12(8(4)10)15-1-2-16-12/h4-11H,1-3H2. The molecule has 8 atom stereocenters. The fraction of sp³-hybridized carbons (Fsp3) is 1.00. The van der Waals surface area contributed by atoms with Crippen LogP contribution in [-0.4, -0.2) is 34.5 Å². The maximum Gasteiger partial charge on any atom is 0.157 e. The fourth-order valence-corrected chi connectivity index (χ4v) is 15.0. The summed E-state index contributed by atoms with van der Waals surface area (Å²) in [6.45, 7) is 0. The van der Waals surface area contributed by atoms with Crippen molar-refractivity contribution < 1.29 is 8.42 Å². The van der Waals surface area contributed by atoms with Crippen LogP contribution in [0.15, 0.2) is 0 Å². The first-order valence-electron chi connectivity index (χ1n) is 6.68. The molecule has 1 spiro atoms. The molecule has 8 unspecified atom stereocenters. The maximum atomic E-state index is 12.6. The SMILES string of the molecule is O=S1(=O)C2C3CC4C5C3C1C5C1(SCCS1)C42. The Morgan fingerprint density at radius 2 is 1.71 bits per heavy atom. The second-order valence-corrected chi connectivity index (χ2v) is 12.0. The van der Waals surface area contributed by atoms with Crippen molar-refractivity contribution in [3.05, 3.63) is 0 Å². The zero-order valence-electron chi connectivity index (χ0n) is 9.28. The molecule has 6 rings (SSSR count). The minimum Gasteiger partial charge on any atom is -0.228 e. The van der Waals surface area contributed by atoms with Gasteiger partial charge in [-0.05, 0) is 30.1 Å². The number of fused-ring (bicyclic) bond motifs is 4. The molecule has 0 aromatic rings. The summed E-state index contributed by atoms with van der Waals surface area (Å²) in [4.78, 5) is 0. The van der Waals surface area contributed by atoms with Gasteiger partial charge in [-0.1, -0.05) is 0 Å². The predicted molar refractivity (Wildman–Crippen MR) is 69.7 cm³/mol. The quantitative estimate of drug-likeness (QED) is 0.675. The molecular weight excluding hydrogens is 272 g/mol. The molecule has 6 aliphatic rings. The van der Waals surface area contributed by atoms with Crippen molar-refractivity contribution in [2.24, 2.45) is 35.5 Å². The minimum atomic E-state index is -2.73. The van der Waals surface area contributed by atoms with Crippen molar-refractivity contribution in [3.8, 4) is 0 Å². The molecule has 0 aromatic carbocycles. The van der Waals surface area contributed by atoms with Crippen LogP contribution in [0.4, 0.5) is 0 Å². The van der Waals surface area contributed by atoms with Gasteiger partial charge in [-0.15, -0.1) is 23.5 Å². The van der Waals surface area contributed by atoms with Crippen LogP contribution in [0.5, 0.6) is 0 Å². The highest BCUT2D eigenvalue weighted by molar-refractivity contribution is 8.21. The smallest absolute Gasteiger partial charge is 0.157 e. The van der Waals surface area contributed by atoms with Gasteiger partial charge in [-0.3, -0.25) is 0 Å². The Bertz CT molecular complexity index is 550. The molecule has 2 bridgehead atoms. The molecule has 2 saturated heterocycles. The Morgan fingerprint density at radius 3 is 2.47 bits per heavy atom. The van der Waals surface area contributed by atoms with E-state index in [9.17, 15) is 8.42 Å². The van der Waals surface area contributed by atoms with E-state index in [-0.39, 0.29) is 10.5 Å². The Hall–Kier alpha value is 0.650. The Balaban J connectivity index is 1.69. The molecule has 0 amide bonds. The highest BCUT2D eigenvalue weighted by Gasteiger charge is 2.90. The summed E-state index contributed by atoms with van der Waals surface area (Å²) < 4.78 is 25.6. The average molecular weight is 286 g/mol. The van der Waals surface area contributed by atoms with Crippen LogP contribution in [0, 0.1) is 35.5 Å². The van der Waals surface area contributed by atoms with E-state index >= 15 is 0 Å². The van der Waals surface area contributed by atoms with Gasteiger partial charge in [-0.2, -0.15) is 0 Å². The Labute approximate surface area is 110 Å². The van der Waals surface area contributed by atoms with E-state index in [2.05, 4.69) is 23.5 Å². The molecule has 0 radical (unpaired) electrons. The lowest BCUT2D eigenvalue weighted by molar-refractivity contribution is 0.102. The zero-order chi connectivity index (χ0) is 11.2. The second kappa shape index (κ2) is 2.35. The molecule has 6 fully saturated rings. The van der Waals surface area contributed by atoms with E-state index in [1.165, 1.54) is 17.9 Å². The molecule has 0 N–H and O–H groups in total. The van der Waals surface area contributed by atoms with Gasteiger partial charge in [0.2, 0.25) is 0 Å². The maximum absolute atomic E-state index is 12.6. The summed E-state index contributed by atoms with van der Waals surface area (Å²) in [5.41, 5.74) is 0. The number of thioether (sulfide) groups is 2. The summed E-state index contributed by atoms with van der Waals surface area (Å²) in [6, 6.07) is 0. The first-order chi connectivity index (χ1) is 8.18. The highest BCUT2D eigenvalue weighted by atomic mass is 32.2. The largest absolute Gasteiger partial charge is 0.228 e. The first kappa shape index (κ1) is 9.54.